The van der Waals surface area contributed by atoms with Crippen LogP contribution >= 0.6 is 0 Å². The van der Waals surface area contributed by atoms with E-state index in [4.69, 9.17) is 9.97 Å². The van der Waals surface area contributed by atoms with E-state index in [2.05, 4.69) is 74.7 Å². The van der Waals surface area contributed by atoms with Crippen LogP contribution in [0, 0.1) is 27.7 Å². The van der Waals surface area contributed by atoms with Gasteiger partial charge in [-0.3, -0.25) is 0 Å². The van der Waals surface area contributed by atoms with Gasteiger partial charge in [0.05, 0.1) is 11.0 Å². The normalized spacial score (nSPS) is 10.9. The van der Waals surface area contributed by atoms with Crippen LogP contribution in [0.3, 0.4) is 0 Å². The predicted octanol–water partition coefficient (Wildman–Crippen LogP) is 6.35. The van der Waals surface area contributed by atoms with Crippen LogP contribution < -0.4 is 10.6 Å². The Labute approximate surface area is 165 Å². The highest BCUT2D eigenvalue weighted by molar-refractivity contribution is 5.84. The van der Waals surface area contributed by atoms with E-state index in [0.29, 0.717) is 0 Å². The Bertz CT molecular complexity index is 1030. The molecule has 0 aliphatic carbocycles. The fraction of sp³-hybridized carbons (Fsp3) is 0.167. The molecule has 0 aliphatic heterocycles. The van der Waals surface area contributed by atoms with Gasteiger partial charge in [-0.15, -0.1) is 0 Å². The molecule has 0 fully saturated rings. The van der Waals surface area contributed by atoms with Gasteiger partial charge in [0.2, 0.25) is 0 Å². The maximum atomic E-state index is 4.87. The summed E-state index contributed by atoms with van der Waals surface area (Å²) in [4.78, 5) is 9.74. The molecule has 0 spiro atoms. The Balaban J connectivity index is 1.85. The van der Waals surface area contributed by atoms with Gasteiger partial charge in [0.15, 0.2) is 11.6 Å². The first-order valence-corrected chi connectivity index (χ1v) is 9.46. The second kappa shape index (κ2) is 7.31. The smallest absolute Gasteiger partial charge is 0.174 e. The lowest BCUT2D eigenvalue weighted by atomic mass is 10.1. The van der Waals surface area contributed by atoms with Crippen molar-refractivity contribution < 1.29 is 0 Å². The second-order valence-corrected chi connectivity index (χ2v) is 7.19. The molecule has 4 heteroatoms. The number of rotatable bonds is 4. The number of anilines is 4. The third-order valence-electron chi connectivity index (χ3n) is 5.02. The largest absolute Gasteiger partial charge is 0.337 e. The Morgan fingerprint density at radius 1 is 0.500 bits per heavy atom. The topological polar surface area (TPSA) is 49.8 Å². The van der Waals surface area contributed by atoms with Gasteiger partial charge in [-0.05, 0) is 62.1 Å². The maximum absolute atomic E-state index is 4.87. The number of hydrogen-bond donors (Lipinski definition) is 2. The molecule has 4 nitrogen and oxygen atoms in total. The average molecular weight is 368 g/mol. The lowest BCUT2D eigenvalue weighted by Crippen LogP contribution is -2.06. The number of aromatic nitrogens is 2. The lowest BCUT2D eigenvalue weighted by molar-refractivity contribution is 1.24. The Morgan fingerprint density at radius 2 is 0.857 bits per heavy atom. The monoisotopic (exact) mass is 368 g/mol. The van der Waals surface area contributed by atoms with E-state index in [9.17, 15) is 0 Å². The van der Waals surface area contributed by atoms with Crippen LogP contribution in [0.4, 0.5) is 23.0 Å². The van der Waals surface area contributed by atoms with Crippen molar-refractivity contribution >= 4 is 34.0 Å². The van der Waals surface area contributed by atoms with Gasteiger partial charge >= 0.3 is 0 Å². The first-order chi connectivity index (χ1) is 13.5. The summed E-state index contributed by atoms with van der Waals surface area (Å²) in [6, 6.07) is 20.5. The van der Waals surface area contributed by atoms with E-state index in [1.165, 1.54) is 22.3 Å². The molecule has 1 aromatic heterocycles. The van der Waals surface area contributed by atoms with Gasteiger partial charge in [-0.1, -0.05) is 48.5 Å². The third-order valence-corrected chi connectivity index (χ3v) is 5.02. The molecule has 0 saturated heterocycles. The van der Waals surface area contributed by atoms with E-state index in [0.717, 1.165) is 34.0 Å². The van der Waals surface area contributed by atoms with E-state index in [1.54, 1.807) is 0 Å². The number of fused-ring (bicyclic) bond motifs is 1. The summed E-state index contributed by atoms with van der Waals surface area (Å²) in [6.07, 6.45) is 0. The molecular formula is C24H24N4. The van der Waals surface area contributed by atoms with Crippen molar-refractivity contribution in [3.63, 3.8) is 0 Å². The van der Waals surface area contributed by atoms with Gasteiger partial charge < -0.3 is 10.6 Å². The minimum Gasteiger partial charge on any atom is -0.337 e. The molecule has 3 aromatic carbocycles. The molecule has 4 rings (SSSR count). The molecule has 0 atom stereocenters. The predicted molar refractivity (Wildman–Crippen MR) is 118 cm³/mol. The van der Waals surface area contributed by atoms with E-state index < -0.39 is 0 Å². The molecule has 28 heavy (non-hydrogen) atoms. The van der Waals surface area contributed by atoms with Crippen molar-refractivity contribution in [1.29, 1.82) is 0 Å². The van der Waals surface area contributed by atoms with Crippen LogP contribution in [0.2, 0.25) is 0 Å². The number of benzene rings is 3. The molecule has 140 valence electrons. The van der Waals surface area contributed by atoms with Crippen molar-refractivity contribution in [2.45, 2.75) is 27.7 Å². The summed E-state index contributed by atoms with van der Waals surface area (Å²) in [6.45, 7) is 8.40. The first-order valence-electron chi connectivity index (χ1n) is 9.46. The van der Waals surface area contributed by atoms with Gasteiger partial charge in [-0.25, -0.2) is 9.97 Å². The number of para-hydroxylation sites is 4. The summed E-state index contributed by atoms with van der Waals surface area (Å²) in [5, 5.41) is 7.05. The Hall–Kier alpha value is -3.40. The average Bonchev–Trinajstić information content (AvgIpc) is 2.68. The molecular weight excluding hydrogens is 344 g/mol. The van der Waals surface area contributed by atoms with Gasteiger partial charge in [0, 0.05) is 11.4 Å². The lowest BCUT2D eigenvalue weighted by Gasteiger charge is -2.18. The highest BCUT2D eigenvalue weighted by Gasteiger charge is 2.13. The van der Waals surface area contributed by atoms with Crippen molar-refractivity contribution in [1.82, 2.24) is 9.97 Å². The summed E-state index contributed by atoms with van der Waals surface area (Å²) < 4.78 is 0. The van der Waals surface area contributed by atoms with Crippen molar-refractivity contribution in [2.24, 2.45) is 0 Å². The Morgan fingerprint density at radius 3 is 1.21 bits per heavy atom. The first kappa shape index (κ1) is 18.0. The van der Waals surface area contributed by atoms with Crippen LogP contribution in [0.5, 0.6) is 0 Å². The molecule has 0 amide bonds. The molecule has 0 aliphatic rings. The quantitative estimate of drug-likeness (QED) is 0.440. The minimum absolute atomic E-state index is 0.721. The molecule has 0 saturated carbocycles. The highest BCUT2D eigenvalue weighted by Crippen LogP contribution is 2.32. The summed E-state index contributed by atoms with van der Waals surface area (Å²) >= 11 is 0. The van der Waals surface area contributed by atoms with Crippen LogP contribution in [0.25, 0.3) is 11.0 Å². The van der Waals surface area contributed by atoms with Gasteiger partial charge in [0.25, 0.3) is 0 Å². The highest BCUT2D eigenvalue weighted by atomic mass is 15.1. The minimum atomic E-state index is 0.721. The Kier molecular flexibility index (Phi) is 4.70. The summed E-state index contributed by atoms with van der Waals surface area (Å²) in [5.74, 6) is 1.44. The van der Waals surface area contributed by atoms with E-state index in [1.807, 2.05) is 24.3 Å². The van der Waals surface area contributed by atoms with Gasteiger partial charge in [0.1, 0.15) is 0 Å². The van der Waals surface area contributed by atoms with Crippen molar-refractivity contribution in [3.8, 4) is 0 Å². The fourth-order valence-electron chi connectivity index (χ4n) is 3.43. The molecule has 0 unspecified atom stereocenters. The third kappa shape index (κ3) is 3.41. The van der Waals surface area contributed by atoms with E-state index in [-0.39, 0.29) is 0 Å². The summed E-state index contributed by atoms with van der Waals surface area (Å²) in [7, 11) is 0. The van der Waals surface area contributed by atoms with Crippen molar-refractivity contribution in [3.05, 3.63) is 82.9 Å². The zero-order chi connectivity index (χ0) is 19.7. The molecule has 1 heterocycles. The number of nitrogens with zero attached hydrogens (tertiary/aromatic N) is 2. The SMILES string of the molecule is Cc1cccc(C)c1Nc1nc2ccccc2nc1Nc1c(C)cccc1C. The zero-order valence-electron chi connectivity index (χ0n) is 16.7. The van der Waals surface area contributed by atoms with Gasteiger partial charge in [-0.2, -0.15) is 0 Å². The van der Waals surface area contributed by atoms with E-state index >= 15 is 0 Å². The maximum Gasteiger partial charge on any atom is 0.174 e. The molecule has 4 aromatic rings. The fourth-order valence-corrected chi connectivity index (χ4v) is 3.43. The number of nitrogens with one attached hydrogen (secondary N) is 2. The molecule has 0 radical (unpaired) electrons. The number of aryl methyl sites for hydroxylation is 4. The standard InChI is InChI=1S/C24H24N4/c1-15-9-7-10-16(2)21(15)27-23-24(26-20-14-6-5-13-19(20)25-23)28-22-17(3)11-8-12-18(22)4/h5-14H,1-4H3,(H,25,27)(H,26,28). The molecule has 2 N–H and O–H groups in total. The number of hydrogen-bond acceptors (Lipinski definition) is 4. The van der Waals surface area contributed by atoms with Crippen molar-refractivity contribution in [2.75, 3.05) is 10.6 Å². The molecule has 0 bridgehead atoms. The zero-order valence-corrected chi connectivity index (χ0v) is 16.7. The summed E-state index contributed by atoms with van der Waals surface area (Å²) in [5.41, 5.74) is 8.56. The van der Waals surface area contributed by atoms with Crippen LogP contribution in [0.15, 0.2) is 60.7 Å². The van der Waals surface area contributed by atoms with Crippen LogP contribution in [-0.2, 0) is 0 Å². The second-order valence-electron chi connectivity index (χ2n) is 7.19. The van der Waals surface area contributed by atoms with Crippen LogP contribution in [-0.4, -0.2) is 9.97 Å². The van der Waals surface area contributed by atoms with Crippen LogP contribution in [0.1, 0.15) is 22.3 Å².